The van der Waals surface area contributed by atoms with Gasteiger partial charge >= 0.3 is 0 Å². The molecule has 0 amide bonds. The van der Waals surface area contributed by atoms with Crippen molar-refractivity contribution in [2.75, 3.05) is 11.9 Å². The highest BCUT2D eigenvalue weighted by atomic mass is 16.6. The highest BCUT2D eigenvalue weighted by Gasteiger charge is 2.41. The predicted octanol–water partition coefficient (Wildman–Crippen LogP) is 5.97. The molecule has 3 aromatic rings. The molecule has 1 heterocycles. The number of ether oxygens (including phenoxy) is 1. The number of allylic oxidation sites excluding steroid dienone is 2. The molecule has 0 spiro atoms. The maximum atomic E-state index is 11.9. The number of nitro groups is 1. The van der Waals surface area contributed by atoms with Gasteiger partial charge in [-0.25, -0.2) is 0 Å². The number of hydrogen-bond acceptors (Lipinski definition) is 4. The first-order chi connectivity index (χ1) is 14.2. The Morgan fingerprint density at radius 1 is 1.14 bits per heavy atom. The van der Waals surface area contributed by atoms with Crippen molar-refractivity contribution in [2.45, 2.75) is 25.3 Å². The molecule has 5 rings (SSSR count). The van der Waals surface area contributed by atoms with Crippen LogP contribution in [0.5, 0.6) is 5.75 Å². The third kappa shape index (κ3) is 2.85. The molecule has 146 valence electrons. The maximum absolute atomic E-state index is 11.9. The summed E-state index contributed by atoms with van der Waals surface area (Å²) in [5, 5.41) is 17.8. The van der Waals surface area contributed by atoms with Crippen LogP contribution in [0.1, 0.15) is 36.4 Å². The summed E-state index contributed by atoms with van der Waals surface area (Å²) >= 11 is 0. The number of nitrogens with one attached hydrogen (secondary N) is 1. The van der Waals surface area contributed by atoms with E-state index >= 15 is 0 Å². The lowest BCUT2D eigenvalue weighted by Crippen LogP contribution is -2.29. The van der Waals surface area contributed by atoms with Gasteiger partial charge in [0.2, 0.25) is 0 Å². The average Bonchev–Trinajstić information content (AvgIpc) is 3.23. The lowest BCUT2D eigenvalue weighted by molar-refractivity contribution is -0.384. The molecule has 0 saturated heterocycles. The fourth-order valence-corrected chi connectivity index (χ4v) is 4.88. The summed E-state index contributed by atoms with van der Waals surface area (Å²) in [5.74, 6) is 1.00. The van der Waals surface area contributed by atoms with Crippen LogP contribution in [-0.2, 0) is 0 Å². The third-order valence-corrected chi connectivity index (χ3v) is 6.09. The molecule has 3 atom stereocenters. The minimum absolute atomic E-state index is 0.00486. The molecule has 0 aromatic heterocycles. The second kappa shape index (κ2) is 6.92. The molecule has 1 aliphatic carbocycles. The zero-order valence-corrected chi connectivity index (χ0v) is 16.2. The highest BCUT2D eigenvalue weighted by molar-refractivity contribution is 5.87. The Morgan fingerprint density at radius 3 is 2.79 bits per heavy atom. The van der Waals surface area contributed by atoms with E-state index in [-0.39, 0.29) is 22.6 Å². The van der Waals surface area contributed by atoms with Crippen molar-refractivity contribution in [3.05, 3.63) is 88.0 Å². The van der Waals surface area contributed by atoms with Crippen LogP contribution in [0, 0.1) is 16.0 Å². The van der Waals surface area contributed by atoms with Crippen molar-refractivity contribution in [3.8, 4) is 5.75 Å². The Bertz CT molecular complexity index is 1130. The van der Waals surface area contributed by atoms with Crippen LogP contribution in [0.4, 0.5) is 11.4 Å². The molecule has 0 radical (unpaired) electrons. The minimum Gasteiger partial charge on any atom is -0.494 e. The summed E-state index contributed by atoms with van der Waals surface area (Å²) in [6.45, 7) is 2.37. The topological polar surface area (TPSA) is 64.4 Å². The zero-order valence-electron chi connectivity index (χ0n) is 16.2. The Labute approximate surface area is 169 Å². The lowest BCUT2D eigenvalue weighted by atomic mass is 9.76. The van der Waals surface area contributed by atoms with Gasteiger partial charge in [0.1, 0.15) is 11.4 Å². The second-order valence-corrected chi connectivity index (χ2v) is 7.64. The van der Waals surface area contributed by atoms with Crippen molar-refractivity contribution in [3.63, 3.8) is 0 Å². The number of hydrogen-bond donors (Lipinski definition) is 1. The predicted molar refractivity (Wildman–Crippen MR) is 115 cm³/mol. The summed E-state index contributed by atoms with van der Waals surface area (Å²) in [6, 6.07) is 18.1. The molecule has 0 fully saturated rings. The number of nitrogens with zero attached hydrogens (tertiary/aromatic N) is 1. The number of fused-ring (bicyclic) bond motifs is 4. The zero-order chi connectivity index (χ0) is 20.0. The summed E-state index contributed by atoms with van der Waals surface area (Å²) in [5.41, 5.74) is 2.84. The molecule has 0 unspecified atom stereocenters. The Hall–Kier alpha value is -3.34. The van der Waals surface area contributed by atoms with E-state index in [1.807, 2.05) is 25.1 Å². The lowest BCUT2D eigenvalue weighted by Gasteiger charge is -2.37. The largest absolute Gasteiger partial charge is 0.494 e. The molecular weight excluding hydrogens is 364 g/mol. The summed E-state index contributed by atoms with van der Waals surface area (Å²) in [4.78, 5) is 11.6. The molecule has 5 heteroatoms. The molecule has 0 bridgehead atoms. The van der Waals surface area contributed by atoms with Crippen LogP contribution in [0.3, 0.4) is 0 Å². The van der Waals surface area contributed by atoms with E-state index in [4.69, 9.17) is 4.74 Å². The molecule has 2 aliphatic rings. The fourth-order valence-electron chi connectivity index (χ4n) is 4.88. The van der Waals surface area contributed by atoms with E-state index in [1.54, 1.807) is 0 Å². The van der Waals surface area contributed by atoms with Gasteiger partial charge in [0.15, 0.2) is 0 Å². The first-order valence-electron chi connectivity index (χ1n) is 10.0. The second-order valence-electron chi connectivity index (χ2n) is 7.64. The van der Waals surface area contributed by atoms with Gasteiger partial charge in [-0.15, -0.1) is 0 Å². The third-order valence-electron chi connectivity index (χ3n) is 6.09. The van der Waals surface area contributed by atoms with E-state index < -0.39 is 0 Å². The van der Waals surface area contributed by atoms with Crippen LogP contribution in [0.15, 0.2) is 66.7 Å². The summed E-state index contributed by atoms with van der Waals surface area (Å²) in [7, 11) is 0. The fraction of sp³-hybridized carbons (Fsp3) is 0.250. The summed E-state index contributed by atoms with van der Waals surface area (Å²) < 4.78 is 5.62. The van der Waals surface area contributed by atoms with E-state index in [0.717, 1.165) is 12.0 Å². The minimum atomic E-state index is -0.312. The van der Waals surface area contributed by atoms with Gasteiger partial charge < -0.3 is 10.1 Å². The molecule has 29 heavy (non-hydrogen) atoms. The van der Waals surface area contributed by atoms with Crippen LogP contribution in [-0.4, -0.2) is 11.5 Å². The van der Waals surface area contributed by atoms with E-state index in [0.29, 0.717) is 24.0 Å². The molecule has 3 aromatic carbocycles. The quantitative estimate of drug-likeness (QED) is 0.341. The van der Waals surface area contributed by atoms with Crippen LogP contribution < -0.4 is 10.1 Å². The van der Waals surface area contributed by atoms with Crippen molar-refractivity contribution >= 4 is 22.1 Å². The van der Waals surface area contributed by atoms with Gasteiger partial charge in [-0.1, -0.05) is 54.6 Å². The first kappa shape index (κ1) is 17.7. The van der Waals surface area contributed by atoms with Crippen molar-refractivity contribution in [1.29, 1.82) is 0 Å². The maximum Gasteiger partial charge on any atom is 0.296 e. The smallest absolute Gasteiger partial charge is 0.296 e. The molecule has 5 nitrogen and oxygen atoms in total. The Balaban J connectivity index is 1.69. The van der Waals surface area contributed by atoms with Crippen molar-refractivity contribution < 1.29 is 9.66 Å². The van der Waals surface area contributed by atoms with Gasteiger partial charge in [-0.3, -0.25) is 10.1 Å². The van der Waals surface area contributed by atoms with Crippen molar-refractivity contribution in [2.24, 2.45) is 5.92 Å². The van der Waals surface area contributed by atoms with Crippen LogP contribution >= 0.6 is 0 Å². The summed E-state index contributed by atoms with van der Waals surface area (Å²) in [6.07, 6.45) is 5.34. The first-order valence-corrected chi connectivity index (χ1v) is 10.0. The average molecular weight is 386 g/mol. The van der Waals surface area contributed by atoms with Gasteiger partial charge in [0.05, 0.1) is 23.6 Å². The van der Waals surface area contributed by atoms with E-state index in [1.165, 1.54) is 22.4 Å². The normalized spacial score (nSPS) is 22.0. The molecular formula is C24H22N2O3. The Morgan fingerprint density at radius 2 is 1.97 bits per heavy atom. The molecule has 0 saturated carbocycles. The van der Waals surface area contributed by atoms with Crippen molar-refractivity contribution in [1.82, 2.24) is 0 Å². The number of nitro benzene ring substituents is 1. The SMILES string of the molecule is CCOc1cc2c(c([N+](=O)[O-])c1)N[C@H](c1cccc3ccccc13)[C@H]1CC=C[C@H]21. The number of rotatable bonds is 4. The van der Waals surface area contributed by atoms with E-state index in [9.17, 15) is 10.1 Å². The number of anilines is 1. The van der Waals surface area contributed by atoms with Gasteiger partial charge in [-0.05, 0) is 47.2 Å². The highest BCUT2D eigenvalue weighted by Crippen LogP contribution is 2.53. The molecule has 1 N–H and O–H groups in total. The number of benzene rings is 3. The monoisotopic (exact) mass is 386 g/mol. The van der Waals surface area contributed by atoms with Gasteiger partial charge in [0.25, 0.3) is 5.69 Å². The van der Waals surface area contributed by atoms with Gasteiger partial charge in [-0.2, -0.15) is 0 Å². The standard InChI is InChI=1S/C24H22N2O3/c1-2-29-16-13-21-18-10-6-12-20(18)23(25-24(21)22(14-16)26(27)28)19-11-5-8-15-7-3-4-9-17(15)19/h3-11,13-14,18,20,23,25H,2,12H2,1H3/t18-,20-,23+/m0/s1. The molecule has 1 aliphatic heterocycles. The van der Waals surface area contributed by atoms with Crippen LogP contribution in [0.25, 0.3) is 10.8 Å². The van der Waals surface area contributed by atoms with Gasteiger partial charge in [0, 0.05) is 5.92 Å². The van der Waals surface area contributed by atoms with E-state index in [2.05, 4.69) is 47.8 Å². The Kier molecular flexibility index (Phi) is 4.23. The van der Waals surface area contributed by atoms with Crippen LogP contribution in [0.2, 0.25) is 0 Å².